The molecule has 2 aliphatic carbocycles. The highest BCUT2D eigenvalue weighted by atomic mass is 16.1. The smallest absolute Gasteiger partial charge is 0.220 e. The second-order valence-electron chi connectivity index (χ2n) is 8.59. The Balaban J connectivity index is 1.35. The van der Waals surface area contributed by atoms with Gasteiger partial charge in [-0.3, -0.25) is 4.79 Å². The quantitative estimate of drug-likeness (QED) is 0.653. The predicted octanol–water partition coefficient (Wildman–Crippen LogP) is 4.79. The first-order valence-electron chi connectivity index (χ1n) is 10.5. The third kappa shape index (κ3) is 3.56. The standard InChI is InChI=1S/C24H27N3O/c28-23(15-19-13-17-10-11-18(19)12-17)25-22(14-16-6-2-1-3-7-16)24-26-20-8-4-5-9-21(20)27-24/h1-9,17-19,22H,10-15H2,(H,25,28)(H,26,27)/t17?,18?,19?,22-/m0/s1. The topological polar surface area (TPSA) is 57.8 Å². The van der Waals surface area contributed by atoms with Crippen LogP contribution in [0.1, 0.15) is 49.5 Å². The Morgan fingerprint density at radius 3 is 2.64 bits per heavy atom. The SMILES string of the molecule is O=C(CC1CC2CCC1C2)N[C@@H](Cc1ccccc1)c1nc2ccccc2[nH]1. The molecule has 144 valence electrons. The lowest BCUT2D eigenvalue weighted by Crippen LogP contribution is -2.32. The fraction of sp³-hybridized carbons (Fsp3) is 0.417. The van der Waals surface area contributed by atoms with Crippen LogP contribution in [0, 0.1) is 17.8 Å². The maximum atomic E-state index is 12.9. The minimum absolute atomic E-state index is 0.138. The number of hydrogen-bond acceptors (Lipinski definition) is 2. The molecule has 2 N–H and O–H groups in total. The van der Waals surface area contributed by atoms with Gasteiger partial charge < -0.3 is 10.3 Å². The van der Waals surface area contributed by atoms with Gasteiger partial charge in [-0.05, 0) is 61.1 Å². The molecule has 0 aliphatic heterocycles. The highest BCUT2D eigenvalue weighted by Crippen LogP contribution is 2.49. The molecule has 4 atom stereocenters. The van der Waals surface area contributed by atoms with Gasteiger partial charge in [-0.2, -0.15) is 0 Å². The number of amides is 1. The molecule has 1 heterocycles. The third-order valence-corrected chi connectivity index (χ3v) is 6.69. The lowest BCUT2D eigenvalue weighted by atomic mass is 9.86. The number of para-hydroxylation sites is 2. The summed E-state index contributed by atoms with van der Waals surface area (Å²) in [6.45, 7) is 0. The van der Waals surface area contributed by atoms with E-state index in [2.05, 4.69) is 22.4 Å². The molecule has 3 aromatic rings. The maximum Gasteiger partial charge on any atom is 0.220 e. The average molecular weight is 374 g/mol. The van der Waals surface area contributed by atoms with Gasteiger partial charge in [-0.25, -0.2) is 4.98 Å². The largest absolute Gasteiger partial charge is 0.346 e. The van der Waals surface area contributed by atoms with Crippen molar-refractivity contribution in [3.63, 3.8) is 0 Å². The van der Waals surface area contributed by atoms with Gasteiger partial charge >= 0.3 is 0 Å². The first kappa shape index (κ1) is 17.5. The molecular weight excluding hydrogens is 346 g/mol. The van der Waals surface area contributed by atoms with Crippen molar-refractivity contribution in [2.45, 2.75) is 44.6 Å². The Morgan fingerprint density at radius 1 is 1.07 bits per heavy atom. The fourth-order valence-corrected chi connectivity index (χ4v) is 5.32. The molecule has 2 saturated carbocycles. The van der Waals surface area contributed by atoms with Crippen LogP contribution in [0.3, 0.4) is 0 Å². The van der Waals surface area contributed by atoms with Crippen molar-refractivity contribution in [2.75, 3.05) is 0 Å². The molecule has 2 bridgehead atoms. The maximum absolute atomic E-state index is 12.9. The summed E-state index contributed by atoms with van der Waals surface area (Å²) in [4.78, 5) is 21.1. The highest BCUT2D eigenvalue weighted by molar-refractivity contribution is 5.78. The van der Waals surface area contributed by atoms with Crippen molar-refractivity contribution in [3.8, 4) is 0 Å². The van der Waals surface area contributed by atoms with Crippen molar-refractivity contribution in [1.29, 1.82) is 0 Å². The number of rotatable bonds is 6. The van der Waals surface area contributed by atoms with Crippen LogP contribution in [0.5, 0.6) is 0 Å². The van der Waals surface area contributed by atoms with E-state index in [0.29, 0.717) is 12.3 Å². The molecule has 0 radical (unpaired) electrons. The van der Waals surface area contributed by atoms with E-state index in [0.717, 1.165) is 35.1 Å². The van der Waals surface area contributed by atoms with E-state index in [4.69, 9.17) is 4.98 Å². The molecule has 5 rings (SSSR count). The summed E-state index contributed by atoms with van der Waals surface area (Å²) in [6, 6.07) is 18.2. The van der Waals surface area contributed by atoms with Crippen LogP contribution in [0.4, 0.5) is 0 Å². The third-order valence-electron chi connectivity index (χ3n) is 6.69. The molecule has 4 heteroatoms. The Morgan fingerprint density at radius 2 is 1.89 bits per heavy atom. The van der Waals surface area contributed by atoms with E-state index in [1.807, 2.05) is 42.5 Å². The number of benzene rings is 2. The summed E-state index contributed by atoms with van der Waals surface area (Å²) in [5.41, 5.74) is 3.16. The molecular formula is C24H27N3O. The second-order valence-corrected chi connectivity index (χ2v) is 8.59. The summed E-state index contributed by atoms with van der Waals surface area (Å²) in [6.07, 6.45) is 6.68. The van der Waals surface area contributed by atoms with Crippen molar-refractivity contribution in [2.24, 2.45) is 17.8 Å². The van der Waals surface area contributed by atoms with Crippen LogP contribution in [0.15, 0.2) is 54.6 Å². The molecule has 28 heavy (non-hydrogen) atoms. The van der Waals surface area contributed by atoms with E-state index in [-0.39, 0.29) is 11.9 Å². The molecule has 1 amide bonds. The summed E-state index contributed by atoms with van der Waals surface area (Å²) in [7, 11) is 0. The summed E-state index contributed by atoms with van der Waals surface area (Å²) >= 11 is 0. The number of nitrogens with zero attached hydrogens (tertiary/aromatic N) is 1. The zero-order valence-electron chi connectivity index (χ0n) is 16.1. The number of hydrogen-bond donors (Lipinski definition) is 2. The van der Waals surface area contributed by atoms with Gasteiger partial charge in [0.05, 0.1) is 17.1 Å². The minimum Gasteiger partial charge on any atom is -0.346 e. The zero-order chi connectivity index (χ0) is 18.9. The summed E-state index contributed by atoms with van der Waals surface area (Å²) in [5, 5.41) is 3.30. The van der Waals surface area contributed by atoms with Crippen LogP contribution in [-0.2, 0) is 11.2 Å². The summed E-state index contributed by atoms with van der Waals surface area (Å²) < 4.78 is 0. The summed E-state index contributed by atoms with van der Waals surface area (Å²) in [5.74, 6) is 3.23. The number of H-pyrrole nitrogens is 1. The van der Waals surface area contributed by atoms with Crippen LogP contribution in [0.2, 0.25) is 0 Å². The fourth-order valence-electron chi connectivity index (χ4n) is 5.32. The zero-order valence-corrected chi connectivity index (χ0v) is 16.1. The van der Waals surface area contributed by atoms with Crippen molar-refractivity contribution in [3.05, 3.63) is 66.0 Å². The molecule has 0 saturated heterocycles. The number of nitrogens with one attached hydrogen (secondary N) is 2. The Bertz CT molecular complexity index is 931. The van der Waals surface area contributed by atoms with Gasteiger partial charge in [0.1, 0.15) is 5.82 Å². The van der Waals surface area contributed by atoms with E-state index < -0.39 is 0 Å². The highest BCUT2D eigenvalue weighted by Gasteiger charge is 2.40. The molecule has 0 spiro atoms. The number of carbonyl (C=O) groups is 1. The Labute approximate surface area is 165 Å². The molecule has 2 fully saturated rings. The minimum atomic E-state index is -0.138. The van der Waals surface area contributed by atoms with Gasteiger partial charge in [0, 0.05) is 6.42 Å². The van der Waals surface area contributed by atoms with E-state index in [1.54, 1.807) is 0 Å². The van der Waals surface area contributed by atoms with Gasteiger partial charge in [0.15, 0.2) is 0 Å². The first-order chi connectivity index (χ1) is 13.7. The number of aromatic amines is 1. The van der Waals surface area contributed by atoms with Crippen LogP contribution in [0.25, 0.3) is 11.0 Å². The molecule has 3 unspecified atom stereocenters. The van der Waals surface area contributed by atoms with E-state index in [1.165, 1.54) is 31.2 Å². The molecule has 4 nitrogen and oxygen atoms in total. The first-order valence-corrected chi connectivity index (χ1v) is 10.5. The van der Waals surface area contributed by atoms with Gasteiger partial charge in [-0.15, -0.1) is 0 Å². The predicted molar refractivity (Wildman–Crippen MR) is 111 cm³/mol. The van der Waals surface area contributed by atoms with Gasteiger partial charge in [-0.1, -0.05) is 48.9 Å². The average Bonchev–Trinajstić information content (AvgIpc) is 3.43. The van der Waals surface area contributed by atoms with Crippen molar-refractivity contribution >= 4 is 16.9 Å². The van der Waals surface area contributed by atoms with Crippen molar-refractivity contribution < 1.29 is 4.79 Å². The van der Waals surface area contributed by atoms with Gasteiger partial charge in [0.2, 0.25) is 5.91 Å². The molecule has 1 aromatic heterocycles. The molecule has 2 aliphatic rings. The normalized spacial score (nSPS) is 24.5. The lowest BCUT2D eigenvalue weighted by Gasteiger charge is -2.23. The monoisotopic (exact) mass is 373 g/mol. The number of carbonyl (C=O) groups excluding carboxylic acids is 1. The van der Waals surface area contributed by atoms with Crippen LogP contribution in [-0.4, -0.2) is 15.9 Å². The lowest BCUT2D eigenvalue weighted by molar-refractivity contribution is -0.123. The van der Waals surface area contributed by atoms with Crippen LogP contribution < -0.4 is 5.32 Å². The van der Waals surface area contributed by atoms with E-state index >= 15 is 0 Å². The van der Waals surface area contributed by atoms with Gasteiger partial charge in [0.25, 0.3) is 0 Å². The molecule has 2 aromatic carbocycles. The van der Waals surface area contributed by atoms with Crippen molar-refractivity contribution in [1.82, 2.24) is 15.3 Å². The number of imidazole rings is 1. The van der Waals surface area contributed by atoms with E-state index in [9.17, 15) is 4.79 Å². The van der Waals surface area contributed by atoms with Crippen LogP contribution >= 0.6 is 0 Å². The Kier molecular flexibility index (Phi) is 4.63. The second kappa shape index (κ2) is 7.42. The number of aromatic nitrogens is 2. The number of fused-ring (bicyclic) bond motifs is 3. The Hall–Kier alpha value is -2.62.